The first-order valence-electron chi connectivity index (χ1n) is 11.1. The van der Waals surface area contributed by atoms with Crippen LogP contribution >= 0.6 is 0 Å². The molecule has 2 aromatic rings. The molecule has 4 rings (SSSR count). The molecule has 0 aromatic heterocycles. The zero-order valence-electron chi connectivity index (χ0n) is 18.9. The summed E-state index contributed by atoms with van der Waals surface area (Å²) in [5, 5.41) is 5.59. The van der Waals surface area contributed by atoms with Crippen LogP contribution in [0, 0.1) is 0 Å². The van der Waals surface area contributed by atoms with E-state index in [1.807, 2.05) is 6.07 Å². The molecule has 0 saturated heterocycles. The first-order chi connectivity index (χ1) is 16.5. The average molecular weight is 469 g/mol. The molecule has 34 heavy (non-hydrogen) atoms. The number of hydrogen-bond donors (Lipinski definition) is 2. The Morgan fingerprint density at radius 2 is 1.85 bits per heavy atom. The van der Waals surface area contributed by atoms with Crippen molar-refractivity contribution in [1.29, 1.82) is 0 Å². The molecular formula is C24H27N3O7. The second kappa shape index (κ2) is 10.8. The van der Waals surface area contributed by atoms with Gasteiger partial charge in [-0.2, -0.15) is 0 Å². The van der Waals surface area contributed by atoms with Gasteiger partial charge in [0.15, 0.2) is 11.5 Å². The highest BCUT2D eigenvalue weighted by Crippen LogP contribution is 2.31. The third-order valence-corrected chi connectivity index (χ3v) is 5.44. The molecule has 2 aliphatic rings. The van der Waals surface area contributed by atoms with Crippen molar-refractivity contribution >= 4 is 17.7 Å². The van der Waals surface area contributed by atoms with Crippen LogP contribution in [-0.2, 0) is 9.59 Å². The maximum atomic E-state index is 13.2. The Labute approximate surface area is 197 Å². The van der Waals surface area contributed by atoms with Gasteiger partial charge in [-0.15, -0.1) is 0 Å². The zero-order chi connectivity index (χ0) is 23.9. The minimum atomic E-state index is -0.860. The van der Waals surface area contributed by atoms with E-state index in [1.54, 1.807) is 36.4 Å². The number of fused-ring (bicyclic) bond motifs is 2. The number of amides is 3. The van der Waals surface area contributed by atoms with Crippen LogP contribution < -0.4 is 29.6 Å². The van der Waals surface area contributed by atoms with Crippen molar-refractivity contribution < 1.29 is 33.3 Å². The molecule has 0 bridgehead atoms. The van der Waals surface area contributed by atoms with Gasteiger partial charge in [-0.1, -0.05) is 12.1 Å². The van der Waals surface area contributed by atoms with Gasteiger partial charge >= 0.3 is 0 Å². The Bertz CT molecular complexity index is 1060. The van der Waals surface area contributed by atoms with Gasteiger partial charge in [-0.25, -0.2) is 0 Å². The molecule has 10 nitrogen and oxygen atoms in total. The lowest BCUT2D eigenvalue weighted by molar-refractivity contribution is -0.144. The van der Waals surface area contributed by atoms with Crippen molar-refractivity contribution in [2.75, 3.05) is 46.5 Å². The molecule has 2 aromatic carbocycles. The van der Waals surface area contributed by atoms with Gasteiger partial charge in [-0.3, -0.25) is 14.4 Å². The lowest BCUT2D eigenvalue weighted by atomic mass is 10.1. The summed E-state index contributed by atoms with van der Waals surface area (Å²) in [4.78, 5) is 39.8. The standard InChI is InChI=1S/C24H27N3O7/c1-31-16-7-8-17-20(13-16)32-12-10-25-22(28)14-27(11-4-9-26-23(17)29)24(30)21-15-33-18-5-2-3-6-19(18)34-21/h2-3,5-8,13,21H,4,9-12,14-15H2,1H3,(H,25,28)(H,26,29). The van der Waals surface area contributed by atoms with Gasteiger partial charge in [0.1, 0.15) is 24.7 Å². The van der Waals surface area contributed by atoms with Gasteiger partial charge in [0.25, 0.3) is 11.8 Å². The Balaban J connectivity index is 1.44. The molecule has 0 radical (unpaired) electrons. The quantitative estimate of drug-likeness (QED) is 0.674. The van der Waals surface area contributed by atoms with E-state index in [9.17, 15) is 14.4 Å². The number of nitrogens with one attached hydrogen (secondary N) is 2. The van der Waals surface area contributed by atoms with Crippen molar-refractivity contribution in [2.24, 2.45) is 0 Å². The molecule has 3 amide bonds. The summed E-state index contributed by atoms with van der Waals surface area (Å²) in [5.41, 5.74) is 0.364. The predicted molar refractivity (Wildman–Crippen MR) is 121 cm³/mol. The Morgan fingerprint density at radius 3 is 2.68 bits per heavy atom. The summed E-state index contributed by atoms with van der Waals surface area (Å²) >= 11 is 0. The minimum absolute atomic E-state index is 0.0544. The number of benzene rings is 2. The van der Waals surface area contributed by atoms with Crippen LogP contribution in [0.5, 0.6) is 23.0 Å². The Morgan fingerprint density at radius 1 is 1.03 bits per heavy atom. The lowest BCUT2D eigenvalue weighted by Gasteiger charge is -2.30. The normalized spacial score (nSPS) is 19.0. The number of nitrogens with zero attached hydrogens (tertiary/aromatic N) is 1. The van der Waals surface area contributed by atoms with Crippen molar-refractivity contribution in [3.63, 3.8) is 0 Å². The van der Waals surface area contributed by atoms with E-state index < -0.39 is 6.10 Å². The maximum Gasteiger partial charge on any atom is 0.267 e. The molecule has 1 atom stereocenters. The highest BCUT2D eigenvalue weighted by Gasteiger charge is 2.32. The number of methoxy groups -OCH3 is 1. The van der Waals surface area contributed by atoms with Gasteiger partial charge in [0.05, 0.1) is 25.8 Å². The molecule has 0 spiro atoms. The largest absolute Gasteiger partial charge is 0.497 e. The molecule has 2 heterocycles. The van der Waals surface area contributed by atoms with Crippen LogP contribution in [0.4, 0.5) is 0 Å². The molecule has 0 saturated carbocycles. The third-order valence-electron chi connectivity index (χ3n) is 5.44. The topological polar surface area (TPSA) is 115 Å². The second-order valence-corrected chi connectivity index (χ2v) is 7.79. The fourth-order valence-corrected chi connectivity index (χ4v) is 3.70. The highest BCUT2D eigenvalue weighted by molar-refractivity contribution is 5.97. The highest BCUT2D eigenvalue weighted by atomic mass is 16.6. The minimum Gasteiger partial charge on any atom is -0.497 e. The van der Waals surface area contributed by atoms with Gasteiger partial charge in [0, 0.05) is 19.2 Å². The fourth-order valence-electron chi connectivity index (χ4n) is 3.70. The van der Waals surface area contributed by atoms with Crippen molar-refractivity contribution in [3.8, 4) is 23.0 Å². The van der Waals surface area contributed by atoms with E-state index in [2.05, 4.69) is 10.6 Å². The van der Waals surface area contributed by atoms with Crippen molar-refractivity contribution in [1.82, 2.24) is 15.5 Å². The second-order valence-electron chi connectivity index (χ2n) is 7.79. The molecule has 1 unspecified atom stereocenters. The fraction of sp³-hybridized carbons (Fsp3) is 0.375. The lowest BCUT2D eigenvalue weighted by Crippen LogP contribution is -2.50. The molecular weight excluding hydrogens is 442 g/mol. The molecule has 2 N–H and O–H groups in total. The molecule has 10 heteroatoms. The average Bonchev–Trinajstić information content (AvgIpc) is 2.87. The molecule has 180 valence electrons. The first kappa shape index (κ1) is 23.2. The summed E-state index contributed by atoms with van der Waals surface area (Å²) in [6.07, 6.45) is -0.414. The van der Waals surface area contributed by atoms with E-state index in [4.69, 9.17) is 18.9 Å². The van der Waals surface area contributed by atoms with Gasteiger partial charge in [-0.05, 0) is 30.7 Å². The van der Waals surface area contributed by atoms with Crippen molar-refractivity contribution in [2.45, 2.75) is 12.5 Å². The monoisotopic (exact) mass is 469 g/mol. The third kappa shape index (κ3) is 5.51. The SMILES string of the molecule is COc1ccc2c(c1)OCCNC(=O)CN(C(=O)C1COc3ccccc3O1)CCCNC2=O. The number of rotatable bonds is 2. The Kier molecular flexibility index (Phi) is 7.36. The van der Waals surface area contributed by atoms with Crippen LogP contribution in [-0.4, -0.2) is 75.2 Å². The molecule has 2 aliphatic heterocycles. The summed E-state index contributed by atoms with van der Waals surface area (Å²) in [5.74, 6) is 1.02. The van der Waals surface area contributed by atoms with E-state index in [0.29, 0.717) is 41.5 Å². The number of carbonyl (C=O) groups is 3. The summed E-state index contributed by atoms with van der Waals surface area (Å²) in [6, 6.07) is 12.1. The molecule has 0 aliphatic carbocycles. The van der Waals surface area contributed by atoms with Gasteiger partial charge in [0.2, 0.25) is 12.0 Å². The zero-order valence-corrected chi connectivity index (χ0v) is 18.9. The van der Waals surface area contributed by atoms with Crippen LogP contribution in [0.15, 0.2) is 42.5 Å². The van der Waals surface area contributed by atoms with E-state index in [0.717, 1.165) is 0 Å². The first-order valence-corrected chi connectivity index (χ1v) is 11.1. The predicted octanol–water partition coefficient (Wildman–Crippen LogP) is 0.992. The smallest absolute Gasteiger partial charge is 0.267 e. The van der Waals surface area contributed by atoms with E-state index in [-0.39, 0.29) is 50.6 Å². The number of para-hydroxylation sites is 2. The van der Waals surface area contributed by atoms with Crippen LogP contribution in [0.2, 0.25) is 0 Å². The Hall–Kier alpha value is -3.95. The van der Waals surface area contributed by atoms with Crippen LogP contribution in [0.25, 0.3) is 0 Å². The maximum absolute atomic E-state index is 13.2. The van der Waals surface area contributed by atoms with Crippen LogP contribution in [0.3, 0.4) is 0 Å². The summed E-state index contributed by atoms with van der Waals surface area (Å²) in [6.45, 7) is 0.830. The number of ether oxygens (including phenoxy) is 4. The number of carbonyl (C=O) groups excluding carboxylic acids is 3. The van der Waals surface area contributed by atoms with Crippen molar-refractivity contribution in [3.05, 3.63) is 48.0 Å². The van der Waals surface area contributed by atoms with Gasteiger partial charge < -0.3 is 34.5 Å². The molecule has 0 fully saturated rings. The summed E-state index contributed by atoms with van der Waals surface area (Å²) < 4.78 is 22.4. The van der Waals surface area contributed by atoms with E-state index in [1.165, 1.54) is 12.0 Å². The van der Waals surface area contributed by atoms with E-state index >= 15 is 0 Å². The number of hydrogen-bond acceptors (Lipinski definition) is 7. The van der Waals surface area contributed by atoms with Crippen LogP contribution in [0.1, 0.15) is 16.8 Å². The summed E-state index contributed by atoms with van der Waals surface area (Å²) in [7, 11) is 1.53.